The molecule has 0 unspecified atom stereocenters. The monoisotopic (exact) mass is 318 g/mol. The van der Waals surface area contributed by atoms with Crippen molar-refractivity contribution in [2.24, 2.45) is 0 Å². The van der Waals surface area contributed by atoms with Crippen molar-refractivity contribution in [2.45, 2.75) is 6.42 Å². The molecule has 0 spiro atoms. The van der Waals surface area contributed by atoms with Crippen LogP contribution in [0.5, 0.6) is 5.75 Å². The lowest BCUT2D eigenvalue weighted by atomic mass is 10.3. The van der Waals surface area contributed by atoms with E-state index in [4.69, 9.17) is 4.74 Å². The fourth-order valence-electron chi connectivity index (χ4n) is 1.65. The average Bonchev–Trinajstić information content (AvgIpc) is 2.50. The number of pyridine rings is 1. The lowest BCUT2D eigenvalue weighted by molar-refractivity contribution is 0.314. The van der Waals surface area contributed by atoms with Gasteiger partial charge in [0.15, 0.2) is 0 Å². The van der Waals surface area contributed by atoms with Crippen molar-refractivity contribution in [3.63, 3.8) is 0 Å². The Kier molecular flexibility index (Phi) is 5.13. The van der Waals surface area contributed by atoms with Crippen LogP contribution < -0.4 is 10.1 Å². The molecule has 0 saturated carbocycles. The molecule has 2 aromatic rings. The number of hydrogen-bond acceptors (Lipinski definition) is 3. The largest absolute Gasteiger partial charge is 0.494 e. The summed E-state index contributed by atoms with van der Waals surface area (Å²) >= 11 is 0. The third-order valence-corrected chi connectivity index (χ3v) is 2.70. The molecule has 3 nitrogen and oxygen atoms in total. The third kappa shape index (κ3) is 3.84. The number of rotatable bonds is 6. The molecule has 0 fully saturated rings. The summed E-state index contributed by atoms with van der Waals surface area (Å²) in [5.74, 6) is -6.58. The van der Waals surface area contributed by atoms with Gasteiger partial charge in [0.1, 0.15) is 17.3 Å². The highest BCUT2D eigenvalue weighted by Crippen LogP contribution is 2.21. The van der Waals surface area contributed by atoms with Gasteiger partial charge in [-0.2, -0.15) is 22.5 Å². The molecule has 1 aromatic heterocycles. The van der Waals surface area contributed by atoms with Gasteiger partial charge >= 0.3 is 0 Å². The topological polar surface area (TPSA) is 34.1 Å². The fraction of sp³-hybridized carbons (Fsp3) is 0.214. The molecule has 0 aliphatic heterocycles. The summed E-state index contributed by atoms with van der Waals surface area (Å²) in [5.41, 5.74) is -0.910. The minimum Gasteiger partial charge on any atom is -0.494 e. The number of nitrogens with one attached hydrogen (secondary N) is 1. The van der Waals surface area contributed by atoms with Crippen LogP contribution in [0.15, 0.2) is 24.3 Å². The summed E-state index contributed by atoms with van der Waals surface area (Å²) in [4.78, 5) is 2.45. The molecule has 118 valence electrons. The van der Waals surface area contributed by atoms with Crippen molar-refractivity contribution >= 4 is 5.69 Å². The highest BCUT2D eigenvalue weighted by molar-refractivity contribution is 5.45. The van der Waals surface area contributed by atoms with Crippen LogP contribution >= 0.6 is 0 Å². The van der Waals surface area contributed by atoms with Crippen LogP contribution in [0, 0.1) is 29.3 Å². The van der Waals surface area contributed by atoms with Crippen LogP contribution in [-0.2, 0) is 0 Å². The third-order valence-electron chi connectivity index (χ3n) is 2.70. The van der Waals surface area contributed by atoms with Gasteiger partial charge in [0, 0.05) is 6.54 Å². The molecular formula is C14H11F5N2O. The second-order valence-electron chi connectivity index (χ2n) is 4.28. The minimum absolute atomic E-state index is 0.0118. The van der Waals surface area contributed by atoms with Crippen molar-refractivity contribution in [3.05, 3.63) is 53.6 Å². The Bertz CT molecular complexity index is 622. The zero-order chi connectivity index (χ0) is 16.1. The second-order valence-corrected chi connectivity index (χ2v) is 4.28. The fourth-order valence-corrected chi connectivity index (χ4v) is 1.65. The van der Waals surface area contributed by atoms with Crippen LogP contribution in [0.1, 0.15) is 6.42 Å². The SMILES string of the molecule is Fc1ccc(OCCCNc2c(F)c(F)nc(F)c2F)cc1. The van der Waals surface area contributed by atoms with Crippen LogP contribution in [0.4, 0.5) is 27.6 Å². The maximum Gasteiger partial charge on any atom is 0.253 e. The first-order valence-electron chi connectivity index (χ1n) is 6.31. The summed E-state index contributed by atoms with van der Waals surface area (Å²) in [6.45, 7) is 0.176. The van der Waals surface area contributed by atoms with Crippen molar-refractivity contribution in [1.29, 1.82) is 0 Å². The highest BCUT2D eigenvalue weighted by atomic mass is 19.2. The number of ether oxygens (including phenoxy) is 1. The van der Waals surface area contributed by atoms with E-state index in [2.05, 4.69) is 10.3 Å². The van der Waals surface area contributed by atoms with E-state index in [1.54, 1.807) is 0 Å². The van der Waals surface area contributed by atoms with E-state index in [0.717, 1.165) is 0 Å². The van der Waals surface area contributed by atoms with Gasteiger partial charge in [0.05, 0.1) is 6.61 Å². The van der Waals surface area contributed by atoms with Gasteiger partial charge < -0.3 is 10.1 Å². The number of anilines is 1. The van der Waals surface area contributed by atoms with Gasteiger partial charge in [-0.15, -0.1) is 0 Å². The summed E-state index contributed by atoms with van der Waals surface area (Å²) < 4.78 is 70.2. The quantitative estimate of drug-likeness (QED) is 0.501. The van der Waals surface area contributed by atoms with Crippen molar-refractivity contribution in [2.75, 3.05) is 18.5 Å². The van der Waals surface area contributed by atoms with Gasteiger partial charge in [-0.3, -0.25) is 0 Å². The zero-order valence-electron chi connectivity index (χ0n) is 11.2. The minimum atomic E-state index is -1.72. The Morgan fingerprint density at radius 3 is 2.09 bits per heavy atom. The summed E-state index contributed by atoms with van der Waals surface area (Å²) in [7, 11) is 0. The molecule has 2 rings (SSSR count). The first-order chi connectivity index (χ1) is 10.5. The van der Waals surface area contributed by atoms with E-state index < -0.39 is 35.0 Å². The van der Waals surface area contributed by atoms with Crippen LogP contribution in [0.3, 0.4) is 0 Å². The zero-order valence-corrected chi connectivity index (χ0v) is 11.2. The molecule has 0 aliphatic carbocycles. The van der Waals surface area contributed by atoms with Crippen molar-refractivity contribution in [3.8, 4) is 5.75 Å². The molecule has 0 radical (unpaired) electrons. The number of benzene rings is 1. The van der Waals surface area contributed by atoms with E-state index in [1.807, 2.05) is 0 Å². The van der Waals surface area contributed by atoms with Crippen LogP contribution in [0.25, 0.3) is 0 Å². The molecule has 0 amide bonds. The van der Waals surface area contributed by atoms with E-state index in [9.17, 15) is 22.0 Å². The smallest absolute Gasteiger partial charge is 0.253 e. The van der Waals surface area contributed by atoms with E-state index in [1.165, 1.54) is 24.3 Å². The maximum absolute atomic E-state index is 13.3. The summed E-state index contributed by atoms with van der Waals surface area (Å²) in [6.07, 6.45) is 0.293. The predicted molar refractivity (Wildman–Crippen MR) is 69.1 cm³/mol. The molecule has 0 atom stereocenters. The normalized spacial score (nSPS) is 10.6. The molecule has 8 heteroatoms. The number of aromatic nitrogens is 1. The lowest BCUT2D eigenvalue weighted by Crippen LogP contribution is -2.12. The van der Waals surface area contributed by atoms with E-state index in [-0.39, 0.29) is 13.2 Å². The van der Waals surface area contributed by atoms with Gasteiger partial charge in [-0.05, 0) is 30.7 Å². The van der Waals surface area contributed by atoms with Crippen LogP contribution in [0.2, 0.25) is 0 Å². The molecule has 1 aromatic carbocycles. The summed E-state index contributed by atoms with van der Waals surface area (Å²) in [5, 5.41) is 2.25. The molecule has 0 saturated heterocycles. The second kappa shape index (κ2) is 7.06. The Morgan fingerprint density at radius 2 is 1.50 bits per heavy atom. The van der Waals surface area contributed by atoms with Crippen molar-refractivity contribution < 1.29 is 26.7 Å². The molecule has 0 aliphatic rings. The van der Waals surface area contributed by atoms with Gasteiger partial charge in [-0.1, -0.05) is 0 Å². The van der Waals surface area contributed by atoms with Crippen LogP contribution in [-0.4, -0.2) is 18.1 Å². The first-order valence-corrected chi connectivity index (χ1v) is 6.31. The Morgan fingerprint density at radius 1 is 0.909 bits per heavy atom. The van der Waals surface area contributed by atoms with E-state index in [0.29, 0.717) is 12.2 Å². The number of hydrogen-bond donors (Lipinski definition) is 1. The lowest BCUT2D eigenvalue weighted by Gasteiger charge is -2.10. The van der Waals surface area contributed by atoms with E-state index >= 15 is 0 Å². The molecule has 0 bridgehead atoms. The molecule has 1 heterocycles. The molecular weight excluding hydrogens is 307 g/mol. The number of nitrogens with zero attached hydrogens (tertiary/aromatic N) is 1. The van der Waals surface area contributed by atoms with Gasteiger partial charge in [0.25, 0.3) is 11.9 Å². The van der Waals surface area contributed by atoms with Gasteiger partial charge in [-0.25, -0.2) is 4.39 Å². The highest BCUT2D eigenvalue weighted by Gasteiger charge is 2.20. The number of halogens is 5. The Hall–Kier alpha value is -2.38. The van der Waals surface area contributed by atoms with Crippen molar-refractivity contribution in [1.82, 2.24) is 4.98 Å². The average molecular weight is 318 g/mol. The predicted octanol–water partition coefficient (Wildman–Crippen LogP) is 3.66. The molecule has 22 heavy (non-hydrogen) atoms. The molecule has 1 N–H and O–H groups in total. The maximum atomic E-state index is 13.3. The van der Waals surface area contributed by atoms with Gasteiger partial charge in [0.2, 0.25) is 11.6 Å². The summed E-state index contributed by atoms with van der Waals surface area (Å²) in [6, 6.07) is 5.30. The Balaban J connectivity index is 1.83. The first kappa shape index (κ1) is 16.0. The Labute approximate surface area is 122 Å². The standard InChI is InChI=1S/C14H11F5N2O/c15-8-2-4-9(5-3-8)22-7-1-6-20-12-10(16)13(18)21-14(19)11(12)17/h2-5H,1,6-7H2,(H,20,21).